The Balaban J connectivity index is 2.97. The second-order valence-electron chi connectivity index (χ2n) is 4.11. The average Bonchev–Trinajstić information content (AvgIpc) is 2.28. The Morgan fingerprint density at radius 2 is 2.06 bits per heavy atom. The first-order valence-corrected chi connectivity index (χ1v) is 6.19. The minimum atomic E-state index is -0.164. The van der Waals surface area contributed by atoms with Crippen LogP contribution in [0.1, 0.15) is 31.1 Å². The van der Waals surface area contributed by atoms with E-state index in [-0.39, 0.29) is 16.2 Å². The van der Waals surface area contributed by atoms with Gasteiger partial charge in [-0.2, -0.15) is 0 Å². The van der Waals surface area contributed by atoms with E-state index in [1.54, 1.807) is 4.90 Å². The Hall–Kier alpha value is -0.870. The van der Waals surface area contributed by atoms with Crippen LogP contribution in [0.3, 0.4) is 0 Å². The van der Waals surface area contributed by atoms with Gasteiger partial charge in [0.15, 0.2) is 10.3 Å². The molecule has 17 heavy (non-hydrogen) atoms. The predicted molar refractivity (Wildman–Crippen MR) is 68.5 cm³/mol. The van der Waals surface area contributed by atoms with Gasteiger partial charge in [0.05, 0.1) is 5.56 Å². The molecule has 0 aliphatic carbocycles. The van der Waals surface area contributed by atoms with Crippen molar-refractivity contribution in [2.75, 3.05) is 13.1 Å². The Labute approximate surface area is 111 Å². The summed E-state index contributed by atoms with van der Waals surface area (Å²) in [6, 6.07) is 1.45. The molecule has 0 spiro atoms. The lowest BCUT2D eigenvalue weighted by Crippen LogP contribution is -2.34. The summed E-state index contributed by atoms with van der Waals surface area (Å²) in [5.74, 6) is 0.228. The highest BCUT2D eigenvalue weighted by Crippen LogP contribution is 2.18. The monoisotopic (exact) mass is 275 g/mol. The summed E-state index contributed by atoms with van der Waals surface area (Å²) in [4.78, 5) is 13.9. The van der Waals surface area contributed by atoms with Gasteiger partial charge < -0.3 is 4.90 Å². The van der Waals surface area contributed by atoms with Gasteiger partial charge in [0.2, 0.25) is 0 Å². The Morgan fingerprint density at radius 1 is 1.41 bits per heavy atom. The van der Waals surface area contributed by atoms with Crippen molar-refractivity contribution in [3.8, 4) is 0 Å². The van der Waals surface area contributed by atoms with E-state index in [0.717, 1.165) is 0 Å². The van der Waals surface area contributed by atoms with E-state index in [0.29, 0.717) is 24.6 Å². The van der Waals surface area contributed by atoms with Gasteiger partial charge in [-0.05, 0) is 18.9 Å². The number of hydrogen-bond acceptors (Lipinski definition) is 3. The fourth-order valence-corrected chi connectivity index (χ4v) is 1.79. The molecule has 0 aliphatic heterocycles. The smallest absolute Gasteiger partial charge is 0.257 e. The van der Waals surface area contributed by atoms with E-state index in [4.69, 9.17) is 23.2 Å². The standard InChI is InChI=1S/C11H15Cl2N3O/c1-4-16(6-7(2)3)11(17)8-5-9(12)14-15-10(8)13/h5,7H,4,6H2,1-3H3. The third-order valence-electron chi connectivity index (χ3n) is 2.20. The maximum atomic E-state index is 12.2. The molecule has 1 amide bonds. The maximum absolute atomic E-state index is 12.2. The van der Waals surface area contributed by atoms with Crippen LogP contribution in [0, 0.1) is 5.92 Å². The first-order chi connectivity index (χ1) is 7.95. The number of rotatable bonds is 4. The summed E-state index contributed by atoms with van der Waals surface area (Å²) < 4.78 is 0. The van der Waals surface area contributed by atoms with Crippen molar-refractivity contribution in [3.63, 3.8) is 0 Å². The van der Waals surface area contributed by atoms with Crippen LogP contribution < -0.4 is 0 Å². The normalized spacial score (nSPS) is 10.7. The second kappa shape index (κ2) is 6.17. The van der Waals surface area contributed by atoms with Gasteiger partial charge in [0, 0.05) is 13.1 Å². The summed E-state index contributed by atoms with van der Waals surface area (Å²) in [7, 11) is 0. The molecule has 0 saturated carbocycles. The minimum absolute atomic E-state index is 0.0848. The lowest BCUT2D eigenvalue weighted by atomic mass is 10.2. The van der Waals surface area contributed by atoms with Crippen LogP contribution in [0.4, 0.5) is 0 Å². The number of hydrogen-bond donors (Lipinski definition) is 0. The van der Waals surface area contributed by atoms with E-state index in [1.165, 1.54) is 6.07 Å². The van der Waals surface area contributed by atoms with Crippen molar-refractivity contribution in [3.05, 3.63) is 21.9 Å². The summed E-state index contributed by atoms with van der Waals surface area (Å²) >= 11 is 11.6. The number of amides is 1. The molecule has 0 saturated heterocycles. The van der Waals surface area contributed by atoms with Crippen molar-refractivity contribution in [2.24, 2.45) is 5.92 Å². The lowest BCUT2D eigenvalue weighted by molar-refractivity contribution is 0.0745. The zero-order chi connectivity index (χ0) is 13.0. The number of halogens is 2. The molecule has 0 bridgehead atoms. The van der Waals surface area contributed by atoms with Crippen LogP contribution in [0.2, 0.25) is 10.3 Å². The molecule has 1 aromatic heterocycles. The zero-order valence-electron chi connectivity index (χ0n) is 10.1. The highest BCUT2D eigenvalue weighted by Gasteiger charge is 2.19. The van der Waals surface area contributed by atoms with Crippen molar-refractivity contribution in [2.45, 2.75) is 20.8 Å². The quantitative estimate of drug-likeness (QED) is 0.849. The zero-order valence-corrected chi connectivity index (χ0v) is 11.6. The Bertz CT molecular complexity index is 410. The van der Waals surface area contributed by atoms with Crippen LogP contribution >= 0.6 is 23.2 Å². The highest BCUT2D eigenvalue weighted by molar-refractivity contribution is 6.34. The molecule has 0 aliphatic rings. The van der Waals surface area contributed by atoms with E-state index in [1.807, 2.05) is 6.92 Å². The molecule has 1 rings (SSSR count). The summed E-state index contributed by atoms with van der Waals surface area (Å²) in [5, 5.41) is 7.46. The SMILES string of the molecule is CCN(CC(C)C)C(=O)c1cc(Cl)nnc1Cl. The average molecular weight is 276 g/mol. The van der Waals surface area contributed by atoms with Crippen molar-refractivity contribution >= 4 is 29.1 Å². The molecule has 0 aromatic carbocycles. The van der Waals surface area contributed by atoms with Crippen molar-refractivity contribution in [1.29, 1.82) is 0 Å². The van der Waals surface area contributed by atoms with Crippen LogP contribution in [-0.2, 0) is 0 Å². The summed E-state index contributed by atoms with van der Waals surface area (Å²) in [6.07, 6.45) is 0. The van der Waals surface area contributed by atoms with Crippen LogP contribution in [0.25, 0.3) is 0 Å². The van der Waals surface area contributed by atoms with Crippen LogP contribution in [-0.4, -0.2) is 34.1 Å². The fourth-order valence-electron chi connectivity index (χ4n) is 1.47. The molecule has 1 aromatic rings. The molecule has 0 N–H and O–H groups in total. The lowest BCUT2D eigenvalue weighted by Gasteiger charge is -2.23. The number of carbonyl (C=O) groups is 1. The summed E-state index contributed by atoms with van der Waals surface area (Å²) in [5.41, 5.74) is 0.300. The van der Waals surface area contributed by atoms with E-state index < -0.39 is 0 Å². The van der Waals surface area contributed by atoms with Crippen LogP contribution in [0.5, 0.6) is 0 Å². The molecule has 0 unspecified atom stereocenters. The van der Waals surface area contributed by atoms with E-state index >= 15 is 0 Å². The largest absolute Gasteiger partial charge is 0.339 e. The summed E-state index contributed by atoms with van der Waals surface area (Å²) in [6.45, 7) is 7.31. The third-order valence-corrected chi connectivity index (χ3v) is 2.67. The van der Waals surface area contributed by atoms with Crippen LogP contribution in [0.15, 0.2) is 6.07 Å². The molecule has 6 heteroatoms. The van der Waals surface area contributed by atoms with Gasteiger partial charge >= 0.3 is 0 Å². The molecule has 4 nitrogen and oxygen atoms in total. The molecule has 0 fully saturated rings. The molecule has 94 valence electrons. The van der Waals surface area contributed by atoms with Gasteiger partial charge in [-0.1, -0.05) is 37.0 Å². The number of nitrogens with zero attached hydrogens (tertiary/aromatic N) is 3. The van der Waals surface area contributed by atoms with Gasteiger partial charge in [-0.3, -0.25) is 4.79 Å². The third kappa shape index (κ3) is 3.82. The fraction of sp³-hybridized carbons (Fsp3) is 0.545. The molecular formula is C11H15Cl2N3O. The maximum Gasteiger partial charge on any atom is 0.257 e. The van der Waals surface area contributed by atoms with Gasteiger partial charge in [-0.15, -0.1) is 10.2 Å². The van der Waals surface area contributed by atoms with E-state index in [9.17, 15) is 4.79 Å². The highest BCUT2D eigenvalue weighted by atomic mass is 35.5. The van der Waals surface area contributed by atoms with E-state index in [2.05, 4.69) is 24.0 Å². The minimum Gasteiger partial charge on any atom is -0.339 e. The topological polar surface area (TPSA) is 46.1 Å². The number of carbonyl (C=O) groups excluding carboxylic acids is 1. The Morgan fingerprint density at radius 3 is 2.59 bits per heavy atom. The first-order valence-electron chi connectivity index (χ1n) is 5.43. The van der Waals surface area contributed by atoms with Gasteiger partial charge in [0.25, 0.3) is 5.91 Å². The van der Waals surface area contributed by atoms with Crippen molar-refractivity contribution < 1.29 is 4.79 Å². The van der Waals surface area contributed by atoms with Gasteiger partial charge in [-0.25, -0.2) is 0 Å². The second-order valence-corrected chi connectivity index (χ2v) is 4.85. The Kier molecular flexibility index (Phi) is 5.15. The predicted octanol–water partition coefficient (Wildman–Crippen LogP) is 2.90. The van der Waals surface area contributed by atoms with Crippen molar-refractivity contribution in [1.82, 2.24) is 15.1 Å². The molecule has 0 radical (unpaired) electrons. The molecular weight excluding hydrogens is 261 g/mol. The number of aromatic nitrogens is 2. The van der Waals surface area contributed by atoms with Gasteiger partial charge in [0.1, 0.15) is 0 Å². The first kappa shape index (κ1) is 14.2. The molecule has 0 atom stereocenters. The molecule has 1 heterocycles.